The number of hydrogen-bond acceptors (Lipinski definition) is 1. The van der Waals surface area contributed by atoms with Crippen molar-refractivity contribution in [3.8, 4) is 0 Å². The number of nitrogens with two attached hydrogens (primary N) is 1. The van der Waals surface area contributed by atoms with E-state index in [-0.39, 0.29) is 6.42 Å². The van der Waals surface area contributed by atoms with Gasteiger partial charge < -0.3 is 5.73 Å². The first-order chi connectivity index (χ1) is 6.52. The maximum atomic E-state index is 12.2. The molecule has 0 aliphatic heterocycles. The van der Waals surface area contributed by atoms with Gasteiger partial charge in [-0.2, -0.15) is 0 Å². The summed E-state index contributed by atoms with van der Waals surface area (Å²) in [6, 6.07) is 3.62. The van der Waals surface area contributed by atoms with Crippen LogP contribution in [0, 0.1) is 0 Å². The summed E-state index contributed by atoms with van der Waals surface area (Å²) < 4.78 is 24.3. The molecule has 1 aromatic carbocycles. The second-order valence-corrected chi connectivity index (χ2v) is 3.72. The molecule has 0 aromatic heterocycles. The Bertz CT molecular complexity index is 297. The Balaban J connectivity index is 2.85. The van der Waals surface area contributed by atoms with Gasteiger partial charge in [0, 0.05) is 10.0 Å². The molecular weight excluding hydrogens is 231 g/mol. The van der Waals surface area contributed by atoms with Crippen molar-refractivity contribution >= 4 is 23.2 Å². The van der Waals surface area contributed by atoms with Crippen LogP contribution in [0.5, 0.6) is 0 Å². The highest BCUT2D eigenvalue weighted by atomic mass is 35.5. The molecule has 1 aromatic rings. The van der Waals surface area contributed by atoms with Gasteiger partial charge in [0.2, 0.25) is 0 Å². The van der Waals surface area contributed by atoms with Crippen LogP contribution in [0.15, 0.2) is 18.2 Å². The Morgan fingerprint density at radius 1 is 1.21 bits per heavy atom. The molecule has 1 atom stereocenters. The first-order valence-corrected chi connectivity index (χ1v) is 4.74. The molecule has 0 spiro atoms. The van der Waals surface area contributed by atoms with Gasteiger partial charge in [-0.15, -0.1) is 0 Å². The zero-order chi connectivity index (χ0) is 10.7. The molecule has 78 valence electrons. The van der Waals surface area contributed by atoms with E-state index in [1.54, 1.807) is 18.2 Å². The van der Waals surface area contributed by atoms with Crippen LogP contribution in [0.3, 0.4) is 0 Å². The van der Waals surface area contributed by atoms with Gasteiger partial charge >= 0.3 is 0 Å². The monoisotopic (exact) mass is 239 g/mol. The summed E-state index contributed by atoms with van der Waals surface area (Å²) >= 11 is 11.6. The third-order valence-corrected chi connectivity index (χ3v) is 2.53. The zero-order valence-electron chi connectivity index (χ0n) is 7.18. The lowest BCUT2D eigenvalue weighted by Gasteiger charge is -2.12. The Morgan fingerprint density at radius 2 is 1.71 bits per heavy atom. The van der Waals surface area contributed by atoms with Crippen LogP contribution in [-0.4, -0.2) is 12.5 Å². The Kier molecular flexibility index (Phi) is 4.11. The van der Waals surface area contributed by atoms with Crippen molar-refractivity contribution in [2.24, 2.45) is 5.73 Å². The molecule has 0 saturated carbocycles. The summed E-state index contributed by atoms with van der Waals surface area (Å²) in [6.45, 7) is 0. The van der Waals surface area contributed by atoms with Crippen molar-refractivity contribution in [2.45, 2.75) is 18.9 Å². The van der Waals surface area contributed by atoms with E-state index in [0.717, 1.165) is 0 Å². The lowest BCUT2D eigenvalue weighted by atomic mass is 10.1. The molecule has 1 nitrogen and oxygen atoms in total. The van der Waals surface area contributed by atoms with E-state index in [9.17, 15) is 8.78 Å². The van der Waals surface area contributed by atoms with E-state index in [0.29, 0.717) is 15.6 Å². The number of benzene rings is 1. The maximum Gasteiger partial charge on any atom is 0.253 e. The molecule has 2 N–H and O–H groups in total. The standard InChI is InChI=1S/C9H9Cl2F2N/c10-6-2-1-3-7(11)5(6)4-8(14)9(12)13/h1-3,8-9H,4,14H2. The van der Waals surface area contributed by atoms with Crippen molar-refractivity contribution in [1.29, 1.82) is 0 Å². The van der Waals surface area contributed by atoms with Crippen molar-refractivity contribution in [2.75, 3.05) is 0 Å². The average molecular weight is 240 g/mol. The van der Waals surface area contributed by atoms with Crippen LogP contribution in [0.2, 0.25) is 10.0 Å². The predicted octanol–water partition coefficient (Wildman–Crippen LogP) is 3.13. The second kappa shape index (κ2) is 4.91. The fourth-order valence-electron chi connectivity index (χ4n) is 1.05. The summed E-state index contributed by atoms with van der Waals surface area (Å²) in [5, 5.41) is 0.738. The summed E-state index contributed by atoms with van der Waals surface area (Å²) in [7, 11) is 0. The van der Waals surface area contributed by atoms with Crippen molar-refractivity contribution in [3.05, 3.63) is 33.8 Å². The molecule has 0 heterocycles. The van der Waals surface area contributed by atoms with Gasteiger partial charge in [-0.25, -0.2) is 8.78 Å². The average Bonchev–Trinajstić information content (AvgIpc) is 2.11. The highest BCUT2D eigenvalue weighted by molar-refractivity contribution is 6.35. The van der Waals surface area contributed by atoms with Gasteiger partial charge in [-0.05, 0) is 24.1 Å². The minimum absolute atomic E-state index is 0.0177. The molecule has 0 aliphatic rings. The van der Waals surface area contributed by atoms with E-state index >= 15 is 0 Å². The summed E-state index contributed by atoms with van der Waals surface area (Å²) in [6.07, 6.45) is -2.58. The fraction of sp³-hybridized carbons (Fsp3) is 0.333. The molecule has 5 heteroatoms. The SMILES string of the molecule is NC(Cc1c(Cl)cccc1Cl)C(F)F. The number of rotatable bonds is 3. The van der Waals surface area contributed by atoms with Crippen molar-refractivity contribution in [1.82, 2.24) is 0 Å². The molecule has 1 unspecified atom stereocenters. The number of halogens is 4. The molecule has 1 rings (SSSR count). The van der Waals surface area contributed by atoms with E-state index in [1.807, 2.05) is 0 Å². The minimum Gasteiger partial charge on any atom is -0.323 e. The van der Waals surface area contributed by atoms with Crippen LogP contribution in [0.25, 0.3) is 0 Å². The molecule has 0 saturated heterocycles. The van der Waals surface area contributed by atoms with Gasteiger partial charge in [-0.1, -0.05) is 29.3 Å². The maximum absolute atomic E-state index is 12.2. The summed E-state index contributed by atoms with van der Waals surface area (Å²) in [5.41, 5.74) is 5.69. The Morgan fingerprint density at radius 3 is 2.14 bits per heavy atom. The van der Waals surface area contributed by atoms with E-state index < -0.39 is 12.5 Å². The van der Waals surface area contributed by atoms with E-state index in [1.165, 1.54) is 0 Å². The first-order valence-electron chi connectivity index (χ1n) is 3.99. The second-order valence-electron chi connectivity index (χ2n) is 2.90. The van der Waals surface area contributed by atoms with Crippen LogP contribution < -0.4 is 5.73 Å². The molecule has 14 heavy (non-hydrogen) atoms. The summed E-state index contributed by atoms with van der Waals surface area (Å²) in [4.78, 5) is 0. The number of hydrogen-bond donors (Lipinski definition) is 1. The molecule has 0 bridgehead atoms. The molecule has 0 radical (unpaired) electrons. The third-order valence-electron chi connectivity index (χ3n) is 1.83. The van der Waals surface area contributed by atoms with Crippen LogP contribution in [0.1, 0.15) is 5.56 Å². The minimum atomic E-state index is -2.57. The van der Waals surface area contributed by atoms with Gasteiger partial charge in [0.05, 0.1) is 6.04 Å². The predicted molar refractivity (Wildman–Crippen MR) is 54.1 cm³/mol. The highest BCUT2D eigenvalue weighted by Crippen LogP contribution is 2.25. The molecule has 0 fully saturated rings. The highest BCUT2D eigenvalue weighted by Gasteiger charge is 2.18. The smallest absolute Gasteiger partial charge is 0.253 e. The summed E-state index contributed by atoms with van der Waals surface area (Å²) in [5.74, 6) is 0. The normalized spacial score (nSPS) is 13.3. The quantitative estimate of drug-likeness (QED) is 0.862. The zero-order valence-corrected chi connectivity index (χ0v) is 8.69. The van der Waals surface area contributed by atoms with Crippen molar-refractivity contribution < 1.29 is 8.78 Å². The Labute approximate surface area is 90.8 Å². The van der Waals surface area contributed by atoms with E-state index in [4.69, 9.17) is 28.9 Å². The molecular formula is C9H9Cl2F2N. The van der Waals surface area contributed by atoms with E-state index in [2.05, 4.69) is 0 Å². The lowest BCUT2D eigenvalue weighted by molar-refractivity contribution is 0.116. The van der Waals surface area contributed by atoms with Gasteiger partial charge in [0.25, 0.3) is 6.43 Å². The van der Waals surface area contributed by atoms with Crippen LogP contribution in [0.4, 0.5) is 8.78 Å². The Hall–Kier alpha value is -0.380. The van der Waals surface area contributed by atoms with Gasteiger partial charge in [-0.3, -0.25) is 0 Å². The van der Waals surface area contributed by atoms with Crippen LogP contribution in [-0.2, 0) is 6.42 Å². The van der Waals surface area contributed by atoms with Crippen molar-refractivity contribution in [3.63, 3.8) is 0 Å². The lowest BCUT2D eigenvalue weighted by Crippen LogP contribution is -2.31. The topological polar surface area (TPSA) is 26.0 Å². The van der Waals surface area contributed by atoms with Crippen LogP contribution >= 0.6 is 23.2 Å². The van der Waals surface area contributed by atoms with Gasteiger partial charge in [0.1, 0.15) is 0 Å². The fourth-order valence-corrected chi connectivity index (χ4v) is 1.60. The number of alkyl halides is 2. The first kappa shape index (κ1) is 11.7. The molecule has 0 amide bonds. The third kappa shape index (κ3) is 2.80. The largest absolute Gasteiger partial charge is 0.323 e. The molecule has 0 aliphatic carbocycles. The van der Waals surface area contributed by atoms with Gasteiger partial charge in [0.15, 0.2) is 0 Å².